The molecule has 0 spiro atoms. The van der Waals surface area contributed by atoms with Gasteiger partial charge in [0.1, 0.15) is 0 Å². The molecular weight excluding hydrogens is 302 g/mol. The van der Waals surface area contributed by atoms with Crippen molar-refractivity contribution in [2.24, 2.45) is 11.5 Å². The van der Waals surface area contributed by atoms with E-state index in [0.717, 1.165) is 11.1 Å². The number of nitrogens with zero attached hydrogens (tertiary/aromatic N) is 1. The molecule has 0 fully saturated rings. The molecule has 5 nitrogen and oxygen atoms in total. The van der Waals surface area contributed by atoms with Crippen LogP contribution < -0.4 is 11.5 Å². The van der Waals surface area contributed by atoms with Crippen LogP contribution in [0.1, 0.15) is 24.0 Å². The first-order chi connectivity index (χ1) is 11.6. The number of hydrogen-bond acceptors (Lipinski definition) is 3. The summed E-state index contributed by atoms with van der Waals surface area (Å²) in [4.78, 5) is 25.4. The highest BCUT2D eigenvalue weighted by molar-refractivity contribution is 5.81. The Morgan fingerprint density at radius 1 is 0.875 bits per heavy atom. The summed E-state index contributed by atoms with van der Waals surface area (Å²) in [5.41, 5.74) is 12.9. The van der Waals surface area contributed by atoms with Crippen LogP contribution in [0.2, 0.25) is 0 Å². The molecule has 2 aromatic carbocycles. The van der Waals surface area contributed by atoms with Gasteiger partial charge >= 0.3 is 0 Å². The van der Waals surface area contributed by atoms with Crippen LogP contribution in [0.4, 0.5) is 0 Å². The summed E-state index contributed by atoms with van der Waals surface area (Å²) in [6, 6.07) is 18.8. The topological polar surface area (TPSA) is 89.4 Å². The van der Waals surface area contributed by atoms with E-state index in [9.17, 15) is 9.59 Å². The van der Waals surface area contributed by atoms with E-state index >= 15 is 0 Å². The summed E-state index contributed by atoms with van der Waals surface area (Å²) in [6.07, 6.45) is 0.456. The van der Waals surface area contributed by atoms with Crippen LogP contribution >= 0.6 is 0 Å². The second-order valence-electron chi connectivity index (χ2n) is 5.77. The third-order valence-electron chi connectivity index (χ3n) is 3.82. The van der Waals surface area contributed by atoms with Gasteiger partial charge in [0, 0.05) is 19.5 Å². The molecule has 0 unspecified atom stereocenters. The van der Waals surface area contributed by atoms with Crippen molar-refractivity contribution in [3.63, 3.8) is 0 Å². The molecule has 2 rings (SSSR count). The molecule has 0 aliphatic rings. The van der Waals surface area contributed by atoms with E-state index in [0.29, 0.717) is 13.1 Å². The Morgan fingerprint density at radius 3 is 1.75 bits per heavy atom. The lowest BCUT2D eigenvalue weighted by Gasteiger charge is -2.23. The lowest BCUT2D eigenvalue weighted by atomic mass is 10.1. The lowest BCUT2D eigenvalue weighted by Crippen LogP contribution is -2.38. The van der Waals surface area contributed by atoms with Gasteiger partial charge in [-0.15, -0.1) is 0 Å². The number of primary amides is 1. The minimum absolute atomic E-state index is 0.0422. The van der Waals surface area contributed by atoms with E-state index in [1.807, 2.05) is 60.7 Å². The molecule has 0 saturated heterocycles. The molecular formula is C19H23N3O2. The maximum absolute atomic E-state index is 12.6. The minimum Gasteiger partial charge on any atom is -0.368 e. The monoisotopic (exact) mass is 325 g/mol. The summed E-state index contributed by atoms with van der Waals surface area (Å²) < 4.78 is 0. The van der Waals surface area contributed by atoms with Crippen LogP contribution in [-0.4, -0.2) is 22.8 Å². The normalized spacial score (nSPS) is 11.7. The highest BCUT2D eigenvalue weighted by atomic mass is 16.2. The Bertz CT molecular complexity index is 617. The standard InChI is InChI=1S/C19H23N3O2/c20-17(19(21)24)11-12-18(23)22(13-15-7-3-1-4-8-15)14-16-9-5-2-6-10-16/h1-10,17H,11-14,20H2,(H2,21,24)/t17-/m0/s1. The van der Waals surface area contributed by atoms with Gasteiger partial charge in [-0.1, -0.05) is 60.7 Å². The van der Waals surface area contributed by atoms with E-state index in [4.69, 9.17) is 11.5 Å². The van der Waals surface area contributed by atoms with Crippen molar-refractivity contribution in [2.45, 2.75) is 32.0 Å². The van der Waals surface area contributed by atoms with Gasteiger partial charge < -0.3 is 16.4 Å². The van der Waals surface area contributed by atoms with Gasteiger partial charge in [-0.05, 0) is 17.5 Å². The Labute approximate surface area is 142 Å². The molecule has 4 N–H and O–H groups in total. The van der Waals surface area contributed by atoms with E-state index < -0.39 is 11.9 Å². The zero-order chi connectivity index (χ0) is 17.4. The van der Waals surface area contributed by atoms with Gasteiger partial charge in [-0.3, -0.25) is 9.59 Å². The zero-order valence-electron chi connectivity index (χ0n) is 13.6. The lowest BCUT2D eigenvalue weighted by molar-refractivity contribution is -0.132. The highest BCUT2D eigenvalue weighted by Crippen LogP contribution is 2.12. The van der Waals surface area contributed by atoms with Crippen molar-refractivity contribution in [1.82, 2.24) is 4.90 Å². The summed E-state index contributed by atoms with van der Waals surface area (Å²) in [6.45, 7) is 1.03. The van der Waals surface area contributed by atoms with E-state index in [-0.39, 0.29) is 18.7 Å². The number of nitrogens with two attached hydrogens (primary N) is 2. The fourth-order valence-corrected chi connectivity index (χ4v) is 2.42. The van der Waals surface area contributed by atoms with Gasteiger partial charge in [-0.2, -0.15) is 0 Å². The SMILES string of the molecule is NC(=O)[C@@H](N)CCC(=O)N(Cc1ccccc1)Cc1ccccc1. The highest BCUT2D eigenvalue weighted by Gasteiger charge is 2.17. The first kappa shape index (κ1) is 17.7. The zero-order valence-corrected chi connectivity index (χ0v) is 13.6. The molecule has 0 heterocycles. The second-order valence-corrected chi connectivity index (χ2v) is 5.77. The van der Waals surface area contributed by atoms with Crippen LogP contribution in [0, 0.1) is 0 Å². The van der Waals surface area contributed by atoms with E-state index in [1.54, 1.807) is 4.90 Å². The number of hydrogen-bond donors (Lipinski definition) is 2. The van der Waals surface area contributed by atoms with E-state index in [2.05, 4.69) is 0 Å². The Morgan fingerprint density at radius 2 is 1.33 bits per heavy atom. The van der Waals surface area contributed by atoms with E-state index in [1.165, 1.54) is 0 Å². The molecule has 0 aromatic heterocycles. The van der Waals surface area contributed by atoms with Crippen molar-refractivity contribution in [2.75, 3.05) is 0 Å². The summed E-state index contributed by atoms with van der Waals surface area (Å²) in [5, 5.41) is 0. The summed E-state index contributed by atoms with van der Waals surface area (Å²) in [5.74, 6) is -0.625. The van der Waals surface area contributed by atoms with Crippen molar-refractivity contribution in [3.8, 4) is 0 Å². The summed E-state index contributed by atoms with van der Waals surface area (Å²) >= 11 is 0. The Hall–Kier alpha value is -2.66. The fraction of sp³-hybridized carbons (Fsp3) is 0.263. The Kier molecular flexibility index (Phi) is 6.51. The van der Waals surface area contributed by atoms with Crippen molar-refractivity contribution >= 4 is 11.8 Å². The number of amides is 2. The smallest absolute Gasteiger partial charge is 0.234 e. The molecule has 1 atom stereocenters. The minimum atomic E-state index is -0.788. The third-order valence-corrected chi connectivity index (χ3v) is 3.82. The third kappa shape index (κ3) is 5.52. The first-order valence-electron chi connectivity index (χ1n) is 7.97. The van der Waals surface area contributed by atoms with Crippen molar-refractivity contribution in [3.05, 3.63) is 71.8 Å². The second kappa shape index (κ2) is 8.84. The Balaban J connectivity index is 2.06. The van der Waals surface area contributed by atoms with Gasteiger partial charge in [-0.25, -0.2) is 0 Å². The largest absolute Gasteiger partial charge is 0.368 e. The predicted octanol–water partition coefficient (Wildman–Crippen LogP) is 1.81. The maximum Gasteiger partial charge on any atom is 0.234 e. The van der Waals surface area contributed by atoms with Crippen LogP contribution in [0.25, 0.3) is 0 Å². The molecule has 2 aromatic rings. The van der Waals surface area contributed by atoms with Gasteiger partial charge in [0.25, 0.3) is 0 Å². The average Bonchev–Trinajstić information content (AvgIpc) is 2.60. The first-order valence-corrected chi connectivity index (χ1v) is 7.97. The maximum atomic E-state index is 12.6. The average molecular weight is 325 g/mol. The number of carbonyl (C=O) groups is 2. The predicted molar refractivity (Wildman–Crippen MR) is 93.5 cm³/mol. The molecule has 0 aliphatic heterocycles. The fourth-order valence-electron chi connectivity index (χ4n) is 2.42. The van der Waals surface area contributed by atoms with Gasteiger partial charge in [0.05, 0.1) is 6.04 Å². The number of carbonyl (C=O) groups excluding carboxylic acids is 2. The molecule has 0 aliphatic carbocycles. The molecule has 0 radical (unpaired) electrons. The molecule has 0 bridgehead atoms. The van der Waals surface area contributed by atoms with Crippen molar-refractivity contribution < 1.29 is 9.59 Å². The quantitative estimate of drug-likeness (QED) is 0.775. The van der Waals surface area contributed by atoms with Gasteiger partial charge in [0.2, 0.25) is 11.8 Å². The molecule has 24 heavy (non-hydrogen) atoms. The van der Waals surface area contributed by atoms with Crippen molar-refractivity contribution in [1.29, 1.82) is 0 Å². The number of benzene rings is 2. The molecule has 126 valence electrons. The van der Waals surface area contributed by atoms with Crippen LogP contribution in [0.15, 0.2) is 60.7 Å². The van der Waals surface area contributed by atoms with Crippen LogP contribution in [0.5, 0.6) is 0 Å². The van der Waals surface area contributed by atoms with Gasteiger partial charge in [0.15, 0.2) is 0 Å². The van der Waals surface area contributed by atoms with Crippen LogP contribution in [0.3, 0.4) is 0 Å². The van der Waals surface area contributed by atoms with Crippen LogP contribution in [-0.2, 0) is 22.7 Å². The molecule has 5 heteroatoms. The summed E-state index contributed by atoms with van der Waals surface area (Å²) in [7, 11) is 0. The number of rotatable bonds is 8. The molecule has 0 saturated carbocycles. The molecule has 2 amide bonds.